The molecular formula is C14H14N4O3. The van der Waals surface area contributed by atoms with Gasteiger partial charge in [-0.15, -0.1) is 0 Å². The minimum atomic E-state index is -1.16. The Hall–Kier alpha value is -2.67. The van der Waals surface area contributed by atoms with Crippen LogP contribution in [0.4, 0.5) is 5.82 Å². The van der Waals surface area contributed by atoms with Crippen LogP contribution in [0.25, 0.3) is 0 Å². The number of nitrogen functional groups attached to an aromatic ring is 1. The van der Waals surface area contributed by atoms with Crippen LogP contribution in [0.2, 0.25) is 0 Å². The van der Waals surface area contributed by atoms with Gasteiger partial charge >= 0.3 is 11.7 Å². The van der Waals surface area contributed by atoms with Crippen LogP contribution in [-0.4, -0.2) is 22.1 Å². The van der Waals surface area contributed by atoms with Crippen LogP contribution in [0.15, 0.2) is 47.4 Å². The molecule has 0 saturated carbocycles. The monoisotopic (exact) mass is 286 g/mol. The molecule has 1 fully saturated rings. The number of nitrogens with one attached hydrogen (secondary N) is 1. The number of aromatic nitrogens is 2. The molecule has 1 unspecified atom stereocenters. The van der Waals surface area contributed by atoms with Crippen molar-refractivity contribution in [3.8, 4) is 0 Å². The van der Waals surface area contributed by atoms with Gasteiger partial charge in [0.25, 0.3) is 0 Å². The molecule has 1 aliphatic heterocycles. The van der Waals surface area contributed by atoms with Gasteiger partial charge in [-0.25, -0.2) is 9.59 Å². The zero-order valence-corrected chi connectivity index (χ0v) is 11.2. The van der Waals surface area contributed by atoms with Crippen LogP contribution in [0.3, 0.4) is 0 Å². The van der Waals surface area contributed by atoms with Crippen LogP contribution in [0.1, 0.15) is 5.56 Å². The lowest BCUT2D eigenvalue weighted by Gasteiger charge is -2.15. The summed E-state index contributed by atoms with van der Waals surface area (Å²) >= 11 is 0. The van der Waals surface area contributed by atoms with Crippen molar-refractivity contribution in [3.63, 3.8) is 0 Å². The summed E-state index contributed by atoms with van der Waals surface area (Å²) in [7, 11) is 0. The Morgan fingerprint density at radius 3 is 2.71 bits per heavy atom. The number of rotatable bonds is 4. The molecule has 1 saturated heterocycles. The van der Waals surface area contributed by atoms with E-state index < -0.39 is 17.3 Å². The molecule has 21 heavy (non-hydrogen) atoms. The van der Waals surface area contributed by atoms with E-state index in [2.05, 4.69) is 10.3 Å². The minimum Gasteiger partial charge on any atom is -0.458 e. The van der Waals surface area contributed by atoms with E-state index in [0.717, 1.165) is 5.56 Å². The number of carbonyl (C=O) groups excluding carboxylic acids is 1. The van der Waals surface area contributed by atoms with Crippen molar-refractivity contribution in [2.45, 2.75) is 12.3 Å². The predicted molar refractivity (Wildman–Crippen MR) is 75.1 cm³/mol. The summed E-state index contributed by atoms with van der Waals surface area (Å²) in [4.78, 5) is 27.7. The quantitative estimate of drug-likeness (QED) is 0.596. The Balaban J connectivity index is 1.76. The highest BCUT2D eigenvalue weighted by Crippen LogP contribution is 2.24. The first-order valence-corrected chi connectivity index (χ1v) is 6.44. The second kappa shape index (κ2) is 5.02. The zero-order chi connectivity index (χ0) is 14.9. The minimum absolute atomic E-state index is 0.115. The molecule has 0 radical (unpaired) electrons. The van der Waals surface area contributed by atoms with Gasteiger partial charge in [0, 0.05) is 12.7 Å². The van der Waals surface area contributed by atoms with Crippen molar-refractivity contribution in [2.24, 2.45) is 0 Å². The number of benzene rings is 1. The van der Waals surface area contributed by atoms with E-state index in [1.54, 1.807) is 0 Å². The average molecular weight is 286 g/mol. The van der Waals surface area contributed by atoms with Crippen LogP contribution < -0.4 is 16.7 Å². The Morgan fingerprint density at radius 2 is 2.10 bits per heavy atom. The van der Waals surface area contributed by atoms with Gasteiger partial charge < -0.3 is 10.5 Å². The summed E-state index contributed by atoms with van der Waals surface area (Å²) in [5.41, 5.74) is 4.57. The maximum absolute atomic E-state index is 12.2. The lowest BCUT2D eigenvalue weighted by molar-refractivity contribution is -0.151. The lowest BCUT2D eigenvalue weighted by atomic mass is 10.2. The summed E-state index contributed by atoms with van der Waals surface area (Å²) in [5.74, 6) is -0.398. The first-order valence-electron chi connectivity index (χ1n) is 6.44. The maximum Gasteiger partial charge on any atom is 0.351 e. The molecule has 1 aliphatic rings. The first kappa shape index (κ1) is 13.3. The lowest BCUT2D eigenvalue weighted by Crippen LogP contribution is -2.42. The molecule has 0 amide bonds. The van der Waals surface area contributed by atoms with Gasteiger partial charge in [0.15, 0.2) is 0 Å². The highest BCUT2D eigenvalue weighted by Gasteiger charge is 2.54. The second-order valence-electron chi connectivity index (χ2n) is 4.78. The molecule has 2 aromatic rings. The Labute approximate surface area is 120 Å². The predicted octanol–water partition coefficient (Wildman–Crippen LogP) is -0.175. The van der Waals surface area contributed by atoms with E-state index in [1.165, 1.54) is 16.8 Å². The van der Waals surface area contributed by atoms with E-state index in [0.29, 0.717) is 6.54 Å². The molecule has 0 spiro atoms. The SMILES string of the molecule is Nc1ccn(C2(C(=O)OCc3ccccc3)CN2)c(=O)n1. The van der Waals surface area contributed by atoms with Gasteiger partial charge in [-0.1, -0.05) is 30.3 Å². The number of hydrogen-bond donors (Lipinski definition) is 2. The van der Waals surface area contributed by atoms with Gasteiger partial charge in [0.1, 0.15) is 12.4 Å². The van der Waals surface area contributed by atoms with Gasteiger partial charge in [-0.2, -0.15) is 4.98 Å². The second-order valence-corrected chi connectivity index (χ2v) is 4.78. The van der Waals surface area contributed by atoms with Crippen molar-refractivity contribution >= 4 is 11.8 Å². The molecule has 3 N–H and O–H groups in total. The molecule has 1 aromatic carbocycles. The van der Waals surface area contributed by atoms with Crippen molar-refractivity contribution in [3.05, 3.63) is 58.6 Å². The molecule has 1 atom stereocenters. The third-order valence-corrected chi connectivity index (χ3v) is 3.30. The molecule has 3 rings (SSSR count). The summed E-state index contributed by atoms with van der Waals surface area (Å²) in [5, 5.41) is 2.87. The number of hydrogen-bond acceptors (Lipinski definition) is 6. The van der Waals surface area contributed by atoms with Crippen molar-refractivity contribution in [1.82, 2.24) is 14.9 Å². The van der Waals surface area contributed by atoms with Crippen LogP contribution in [-0.2, 0) is 21.8 Å². The third-order valence-electron chi connectivity index (χ3n) is 3.30. The van der Waals surface area contributed by atoms with E-state index in [9.17, 15) is 9.59 Å². The summed E-state index contributed by atoms with van der Waals surface area (Å²) in [6, 6.07) is 10.8. The van der Waals surface area contributed by atoms with Gasteiger partial charge in [-0.3, -0.25) is 9.88 Å². The fourth-order valence-corrected chi connectivity index (χ4v) is 2.05. The number of ether oxygens (including phenoxy) is 1. The zero-order valence-electron chi connectivity index (χ0n) is 11.2. The number of carbonyl (C=O) groups is 1. The van der Waals surface area contributed by atoms with Crippen molar-refractivity contribution in [2.75, 3.05) is 12.3 Å². The van der Waals surface area contributed by atoms with Crippen molar-refractivity contribution in [1.29, 1.82) is 0 Å². The molecule has 2 heterocycles. The van der Waals surface area contributed by atoms with Gasteiger partial charge in [0.2, 0.25) is 5.66 Å². The highest BCUT2D eigenvalue weighted by molar-refractivity contribution is 5.82. The standard InChI is InChI=1S/C14H14N4O3/c15-11-6-7-18(13(20)17-11)14(9-16-14)12(19)21-8-10-4-2-1-3-5-10/h1-7,16H,8-9H2,(H2,15,17,20). The molecular weight excluding hydrogens is 272 g/mol. The molecule has 7 nitrogen and oxygen atoms in total. The number of esters is 1. The largest absolute Gasteiger partial charge is 0.458 e. The van der Waals surface area contributed by atoms with Gasteiger partial charge in [0.05, 0.1) is 0 Å². The molecule has 108 valence electrons. The van der Waals surface area contributed by atoms with E-state index in [-0.39, 0.29) is 12.4 Å². The molecule has 0 bridgehead atoms. The molecule has 7 heteroatoms. The van der Waals surface area contributed by atoms with E-state index in [1.807, 2.05) is 30.3 Å². The smallest absolute Gasteiger partial charge is 0.351 e. The molecule has 1 aromatic heterocycles. The van der Waals surface area contributed by atoms with Crippen LogP contribution >= 0.6 is 0 Å². The molecule has 0 aliphatic carbocycles. The fraction of sp³-hybridized carbons (Fsp3) is 0.214. The fourth-order valence-electron chi connectivity index (χ4n) is 2.05. The third kappa shape index (κ3) is 2.50. The number of nitrogens with two attached hydrogens (primary N) is 1. The summed E-state index contributed by atoms with van der Waals surface area (Å²) < 4.78 is 6.48. The topological polar surface area (TPSA) is 109 Å². The average Bonchev–Trinajstić information content (AvgIpc) is 3.27. The number of anilines is 1. The van der Waals surface area contributed by atoms with E-state index >= 15 is 0 Å². The first-order chi connectivity index (χ1) is 10.1. The highest BCUT2D eigenvalue weighted by atomic mass is 16.5. The van der Waals surface area contributed by atoms with Gasteiger partial charge in [-0.05, 0) is 11.6 Å². The Kier molecular flexibility index (Phi) is 3.19. The number of nitrogens with zero attached hydrogens (tertiary/aromatic N) is 2. The Morgan fingerprint density at radius 1 is 1.38 bits per heavy atom. The Bertz CT molecular complexity index is 722. The summed E-state index contributed by atoms with van der Waals surface area (Å²) in [6.07, 6.45) is 1.44. The summed E-state index contributed by atoms with van der Waals surface area (Å²) in [6.45, 7) is 0.479. The van der Waals surface area contributed by atoms with E-state index in [4.69, 9.17) is 10.5 Å². The van der Waals surface area contributed by atoms with Crippen molar-refractivity contribution < 1.29 is 9.53 Å². The maximum atomic E-state index is 12.2. The van der Waals surface area contributed by atoms with Crippen LogP contribution in [0, 0.1) is 0 Å². The van der Waals surface area contributed by atoms with Crippen LogP contribution in [0.5, 0.6) is 0 Å². The normalized spacial score (nSPS) is 20.0.